The molecule has 0 saturated heterocycles. The summed E-state index contributed by atoms with van der Waals surface area (Å²) in [7, 11) is 1.57. The second kappa shape index (κ2) is 7.53. The molecule has 0 saturated carbocycles. The Hall–Kier alpha value is -1.88. The molecule has 0 radical (unpaired) electrons. The molecule has 0 aliphatic rings. The summed E-state index contributed by atoms with van der Waals surface area (Å²) >= 11 is 0. The standard InChI is InChI=1S/C14H21N3O2/c1-3-5-11(9-15)14(19)17-12-7-4-6-10(8-12)13(18)16-2/h4,6-8,11H,3,5,9,15H2,1-2H3,(H,16,18)(H,17,19). The van der Waals surface area contributed by atoms with E-state index >= 15 is 0 Å². The minimum atomic E-state index is -0.186. The predicted octanol–water partition coefficient (Wildman–Crippen LogP) is 1.36. The Labute approximate surface area is 113 Å². The highest BCUT2D eigenvalue weighted by Crippen LogP contribution is 2.13. The zero-order valence-corrected chi connectivity index (χ0v) is 11.4. The summed E-state index contributed by atoms with van der Waals surface area (Å²) in [5.74, 6) is -0.466. The molecule has 0 bridgehead atoms. The lowest BCUT2D eigenvalue weighted by atomic mass is 10.0. The van der Waals surface area contributed by atoms with Gasteiger partial charge in [-0.2, -0.15) is 0 Å². The van der Waals surface area contributed by atoms with Gasteiger partial charge in [-0.15, -0.1) is 0 Å². The molecule has 0 spiro atoms. The number of rotatable bonds is 6. The third-order valence-electron chi connectivity index (χ3n) is 2.91. The molecular weight excluding hydrogens is 242 g/mol. The maximum Gasteiger partial charge on any atom is 0.251 e. The van der Waals surface area contributed by atoms with Gasteiger partial charge in [-0.1, -0.05) is 19.4 Å². The summed E-state index contributed by atoms with van der Waals surface area (Å²) in [4.78, 5) is 23.5. The lowest BCUT2D eigenvalue weighted by Crippen LogP contribution is -2.29. The van der Waals surface area contributed by atoms with Crippen molar-refractivity contribution in [1.82, 2.24) is 5.32 Å². The fourth-order valence-electron chi connectivity index (χ4n) is 1.83. The van der Waals surface area contributed by atoms with Crippen molar-refractivity contribution in [1.29, 1.82) is 0 Å². The maximum atomic E-state index is 12.0. The lowest BCUT2D eigenvalue weighted by Gasteiger charge is -2.14. The number of carbonyl (C=O) groups excluding carboxylic acids is 2. The Morgan fingerprint density at radius 2 is 2.11 bits per heavy atom. The van der Waals surface area contributed by atoms with Crippen molar-refractivity contribution in [3.05, 3.63) is 29.8 Å². The summed E-state index contributed by atoms with van der Waals surface area (Å²) in [5.41, 5.74) is 6.71. The van der Waals surface area contributed by atoms with E-state index < -0.39 is 0 Å². The molecule has 104 valence electrons. The average molecular weight is 263 g/mol. The van der Waals surface area contributed by atoms with Crippen molar-refractivity contribution in [2.45, 2.75) is 19.8 Å². The summed E-state index contributed by atoms with van der Waals surface area (Å²) < 4.78 is 0. The van der Waals surface area contributed by atoms with E-state index in [9.17, 15) is 9.59 Å². The van der Waals surface area contributed by atoms with E-state index in [1.807, 2.05) is 6.92 Å². The maximum absolute atomic E-state index is 12.0. The van der Waals surface area contributed by atoms with Crippen LogP contribution in [-0.2, 0) is 4.79 Å². The van der Waals surface area contributed by atoms with Crippen LogP contribution in [0.3, 0.4) is 0 Å². The first kappa shape index (κ1) is 15.2. The molecule has 5 heteroatoms. The second-order valence-electron chi connectivity index (χ2n) is 4.37. The van der Waals surface area contributed by atoms with Crippen molar-refractivity contribution in [2.24, 2.45) is 11.7 Å². The molecule has 0 aliphatic carbocycles. The highest BCUT2D eigenvalue weighted by Gasteiger charge is 2.16. The van der Waals surface area contributed by atoms with Gasteiger partial charge in [0.1, 0.15) is 0 Å². The molecule has 2 amide bonds. The van der Waals surface area contributed by atoms with Crippen molar-refractivity contribution in [3.63, 3.8) is 0 Å². The Morgan fingerprint density at radius 3 is 2.68 bits per heavy atom. The third-order valence-corrected chi connectivity index (χ3v) is 2.91. The van der Waals surface area contributed by atoms with Crippen LogP contribution in [0, 0.1) is 5.92 Å². The average Bonchev–Trinajstić information content (AvgIpc) is 2.43. The lowest BCUT2D eigenvalue weighted by molar-refractivity contribution is -0.119. The van der Waals surface area contributed by atoms with Gasteiger partial charge in [0, 0.05) is 24.8 Å². The van der Waals surface area contributed by atoms with Crippen molar-refractivity contribution < 1.29 is 9.59 Å². The summed E-state index contributed by atoms with van der Waals surface area (Å²) in [5, 5.41) is 5.34. The van der Waals surface area contributed by atoms with Crippen LogP contribution in [0.15, 0.2) is 24.3 Å². The number of amides is 2. The molecule has 5 nitrogen and oxygen atoms in total. The van der Waals surface area contributed by atoms with Crippen LogP contribution >= 0.6 is 0 Å². The molecule has 0 fully saturated rings. The zero-order valence-electron chi connectivity index (χ0n) is 11.4. The van der Waals surface area contributed by atoms with Crippen LogP contribution in [0.2, 0.25) is 0 Å². The number of carbonyl (C=O) groups is 2. The summed E-state index contributed by atoms with van der Waals surface area (Å²) in [6.07, 6.45) is 1.67. The van der Waals surface area contributed by atoms with E-state index in [1.54, 1.807) is 31.3 Å². The molecule has 0 aliphatic heterocycles. The van der Waals surface area contributed by atoms with Crippen LogP contribution in [0.4, 0.5) is 5.69 Å². The van der Waals surface area contributed by atoms with Gasteiger partial charge in [0.15, 0.2) is 0 Å². The Balaban J connectivity index is 2.76. The highest BCUT2D eigenvalue weighted by molar-refractivity contribution is 5.97. The van der Waals surface area contributed by atoms with Crippen molar-refractivity contribution >= 4 is 17.5 Å². The van der Waals surface area contributed by atoms with Gasteiger partial charge in [0.05, 0.1) is 5.92 Å². The smallest absolute Gasteiger partial charge is 0.251 e. The van der Waals surface area contributed by atoms with E-state index in [1.165, 1.54) is 0 Å². The van der Waals surface area contributed by atoms with Gasteiger partial charge >= 0.3 is 0 Å². The number of anilines is 1. The monoisotopic (exact) mass is 263 g/mol. The summed E-state index contributed by atoms with van der Waals surface area (Å²) in [6, 6.07) is 6.83. The van der Waals surface area contributed by atoms with Gasteiger partial charge in [0.2, 0.25) is 5.91 Å². The molecule has 19 heavy (non-hydrogen) atoms. The number of hydrogen-bond acceptors (Lipinski definition) is 3. The third kappa shape index (κ3) is 4.37. The van der Waals surface area contributed by atoms with E-state index in [0.29, 0.717) is 17.8 Å². The highest BCUT2D eigenvalue weighted by atomic mass is 16.2. The number of benzene rings is 1. The molecular formula is C14H21N3O2. The molecule has 1 aromatic rings. The first-order chi connectivity index (χ1) is 9.12. The molecule has 1 rings (SSSR count). The molecule has 0 heterocycles. The largest absolute Gasteiger partial charge is 0.355 e. The quantitative estimate of drug-likeness (QED) is 0.724. The van der Waals surface area contributed by atoms with E-state index in [4.69, 9.17) is 5.73 Å². The minimum Gasteiger partial charge on any atom is -0.355 e. The van der Waals surface area contributed by atoms with Crippen molar-refractivity contribution in [2.75, 3.05) is 18.9 Å². The van der Waals surface area contributed by atoms with Gasteiger partial charge in [-0.3, -0.25) is 9.59 Å². The van der Waals surface area contributed by atoms with Crippen LogP contribution < -0.4 is 16.4 Å². The normalized spacial score (nSPS) is 11.7. The first-order valence-corrected chi connectivity index (χ1v) is 6.45. The fourth-order valence-corrected chi connectivity index (χ4v) is 1.83. The minimum absolute atomic E-state index is 0.0987. The SMILES string of the molecule is CCCC(CN)C(=O)Nc1cccc(C(=O)NC)c1. The van der Waals surface area contributed by atoms with Gasteiger partial charge < -0.3 is 16.4 Å². The van der Waals surface area contributed by atoms with Gasteiger partial charge in [-0.25, -0.2) is 0 Å². The summed E-state index contributed by atoms with van der Waals surface area (Å²) in [6.45, 7) is 2.34. The van der Waals surface area contributed by atoms with E-state index in [0.717, 1.165) is 12.8 Å². The van der Waals surface area contributed by atoms with Crippen LogP contribution in [-0.4, -0.2) is 25.4 Å². The molecule has 1 unspecified atom stereocenters. The van der Waals surface area contributed by atoms with Crippen LogP contribution in [0.1, 0.15) is 30.1 Å². The molecule has 0 aromatic heterocycles. The number of nitrogens with one attached hydrogen (secondary N) is 2. The van der Waals surface area contributed by atoms with Crippen LogP contribution in [0.5, 0.6) is 0 Å². The first-order valence-electron chi connectivity index (χ1n) is 6.45. The number of nitrogens with two attached hydrogens (primary N) is 1. The van der Waals surface area contributed by atoms with E-state index in [-0.39, 0.29) is 17.7 Å². The molecule has 1 atom stereocenters. The van der Waals surface area contributed by atoms with E-state index in [2.05, 4.69) is 10.6 Å². The Kier molecular flexibility index (Phi) is 6.02. The Bertz CT molecular complexity index is 446. The molecule has 1 aromatic carbocycles. The predicted molar refractivity (Wildman–Crippen MR) is 75.9 cm³/mol. The zero-order chi connectivity index (χ0) is 14.3. The second-order valence-corrected chi connectivity index (χ2v) is 4.37. The topological polar surface area (TPSA) is 84.2 Å². The van der Waals surface area contributed by atoms with Crippen molar-refractivity contribution in [3.8, 4) is 0 Å². The van der Waals surface area contributed by atoms with Crippen LogP contribution in [0.25, 0.3) is 0 Å². The Morgan fingerprint density at radius 1 is 1.37 bits per heavy atom. The molecule has 4 N–H and O–H groups in total. The fraction of sp³-hybridized carbons (Fsp3) is 0.429. The van der Waals surface area contributed by atoms with Gasteiger partial charge in [0.25, 0.3) is 5.91 Å². The van der Waals surface area contributed by atoms with Gasteiger partial charge in [-0.05, 0) is 24.6 Å². The number of hydrogen-bond donors (Lipinski definition) is 3.